The third-order valence-corrected chi connectivity index (χ3v) is 6.36. The van der Waals surface area contributed by atoms with E-state index in [1.165, 1.54) is 19.2 Å². The van der Waals surface area contributed by atoms with Crippen molar-refractivity contribution in [2.45, 2.75) is 4.90 Å². The molecule has 3 aromatic rings. The molecule has 1 N–H and O–H groups in total. The van der Waals surface area contributed by atoms with Crippen LogP contribution in [0.25, 0.3) is 0 Å². The molecule has 7 nitrogen and oxygen atoms in total. The van der Waals surface area contributed by atoms with Gasteiger partial charge in [-0.3, -0.25) is 9.10 Å². The number of fused-ring (bicyclic) bond motifs is 1. The summed E-state index contributed by atoms with van der Waals surface area (Å²) >= 11 is 0. The maximum Gasteiger partial charge on any atom is 0.264 e. The van der Waals surface area contributed by atoms with Crippen molar-refractivity contribution in [3.63, 3.8) is 0 Å². The van der Waals surface area contributed by atoms with Gasteiger partial charge in [-0.05, 0) is 36.4 Å². The molecule has 4 rings (SSSR count). The number of anilines is 2. The number of hydrogen-bond acceptors (Lipinski definition) is 5. The quantitative estimate of drug-likeness (QED) is 0.696. The number of carbonyl (C=O) groups is 1. The van der Waals surface area contributed by atoms with Gasteiger partial charge in [0.2, 0.25) is 6.79 Å². The van der Waals surface area contributed by atoms with E-state index in [1.807, 2.05) is 0 Å². The fourth-order valence-electron chi connectivity index (χ4n) is 2.98. The topological polar surface area (TPSA) is 84.9 Å². The number of amides is 1. The van der Waals surface area contributed by atoms with Crippen LogP contribution >= 0.6 is 0 Å². The highest BCUT2D eigenvalue weighted by molar-refractivity contribution is 7.92. The number of nitrogens with one attached hydrogen (secondary N) is 1. The standard InChI is InChI=1S/C21H18N2O5S/c1-23(16-7-3-2-4-8-16)29(25,26)20-10-6-5-9-17(20)21(24)22-15-11-12-18-19(13-15)28-14-27-18/h2-13H,14H2,1H3,(H,22,24). The number of carbonyl (C=O) groups excluding carboxylic acids is 1. The molecule has 0 bridgehead atoms. The first-order valence-corrected chi connectivity index (χ1v) is 10.2. The van der Waals surface area contributed by atoms with Gasteiger partial charge in [0.25, 0.3) is 15.9 Å². The molecule has 0 aromatic heterocycles. The summed E-state index contributed by atoms with van der Waals surface area (Å²) in [6.07, 6.45) is 0. The fourth-order valence-corrected chi connectivity index (χ4v) is 4.36. The van der Waals surface area contributed by atoms with E-state index in [0.29, 0.717) is 22.9 Å². The molecule has 0 saturated carbocycles. The number of benzene rings is 3. The number of para-hydroxylation sites is 1. The molecule has 1 amide bonds. The lowest BCUT2D eigenvalue weighted by atomic mass is 10.2. The largest absolute Gasteiger partial charge is 0.454 e. The van der Waals surface area contributed by atoms with Crippen molar-refractivity contribution in [2.24, 2.45) is 0 Å². The third-order valence-electron chi connectivity index (χ3n) is 4.52. The smallest absolute Gasteiger partial charge is 0.264 e. The Balaban J connectivity index is 1.65. The van der Waals surface area contributed by atoms with Crippen molar-refractivity contribution in [3.05, 3.63) is 78.4 Å². The summed E-state index contributed by atoms with van der Waals surface area (Å²) in [6, 6.07) is 19.8. The molecular formula is C21H18N2O5S. The van der Waals surface area contributed by atoms with Gasteiger partial charge in [0.05, 0.1) is 11.3 Å². The molecule has 0 unspecified atom stereocenters. The SMILES string of the molecule is CN(c1ccccc1)S(=O)(=O)c1ccccc1C(=O)Nc1ccc2c(c1)OCO2. The maximum absolute atomic E-state index is 13.2. The van der Waals surface area contributed by atoms with Crippen LogP contribution in [0.3, 0.4) is 0 Å². The molecule has 0 fully saturated rings. The van der Waals surface area contributed by atoms with Crippen molar-refractivity contribution in [1.29, 1.82) is 0 Å². The van der Waals surface area contributed by atoms with Crippen LogP contribution < -0.4 is 19.1 Å². The third kappa shape index (κ3) is 3.62. The molecule has 148 valence electrons. The molecule has 0 atom stereocenters. The Labute approximate surface area is 168 Å². The van der Waals surface area contributed by atoms with E-state index in [-0.39, 0.29) is 17.3 Å². The summed E-state index contributed by atoms with van der Waals surface area (Å²) in [5, 5.41) is 2.72. The second-order valence-electron chi connectivity index (χ2n) is 6.33. The van der Waals surface area contributed by atoms with Crippen LogP contribution in [0.15, 0.2) is 77.7 Å². The molecule has 0 saturated heterocycles. The molecule has 3 aromatic carbocycles. The average Bonchev–Trinajstić information content (AvgIpc) is 3.21. The van der Waals surface area contributed by atoms with Gasteiger partial charge in [-0.1, -0.05) is 30.3 Å². The normalized spacial score (nSPS) is 12.4. The number of ether oxygens (including phenoxy) is 2. The molecule has 8 heteroatoms. The van der Waals surface area contributed by atoms with E-state index in [1.54, 1.807) is 60.7 Å². The van der Waals surface area contributed by atoms with Gasteiger partial charge < -0.3 is 14.8 Å². The zero-order valence-corrected chi connectivity index (χ0v) is 16.3. The van der Waals surface area contributed by atoms with Gasteiger partial charge in [-0.25, -0.2) is 8.42 Å². The van der Waals surface area contributed by atoms with Gasteiger partial charge in [0.1, 0.15) is 4.90 Å². The highest BCUT2D eigenvalue weighted by atomic mass is 32.2. The highest BCUT2D eigenvalue weighted by Gasteiger charge is 2.27. The van der Waals surface area contributed by atoms with Gasteiger partial charge >= 0.3 is 0 Å². The van der Waals surface area contributed by atoms with E-state index in [9.17, 15) is 13.2 Å². The summed E-state index contributed by atoms with van der Waals surface area (Å²) in [7, 11) is -2.49. The lowest BCUT2D eigenvalue weighted by Gasteiger charge is -2.21. The van der Waals surface area contributed by atoms with E-state index in [4.69, 9.17) is 9.47 Å². The lowest BCUT2D eigenvalue weighted by Crippen LogP contribution is -2.28. The Morgan fingerprint density at radius 1 is 0.931 bits per heavy atom. The molecule has 1 aliphatic rings. The van der Waals surface area contributed by atoms with E-state index in [2.05, 4.69) is 5.32 Å². The molecule has 0 aliphatic carbocycles. The molecule has 0 radical (unpaired) electrons. The van der Waals surface area contributed by atoms with Crippen LogP contribution in [0.5, 0.6) is 11.5 Å². The van der Waals surface area contributed by atoms with Crippen LogP contribution in [0.2, 0.25) is 0 Å². The first-order valence-electron chi connectivity index (χ1n) is 8.81. The second kappa shape index (κ2) is 7.48. The van der Waals surface area contributed by atoms with Gasteiger partial charge in [-0.15, -0.1) is 0 Å². The van der Waals surface area contributed by atoms with Crippen molar-refractivity contribution >= 4 is 27.3 Å². The first kappa shape index (κ1) is 18.8. The average molecular weight is 410 g/mol. The minimum absolute atomic E-state index is 0.0490. The fraction of sp³-hybridized carbons (Fsp3) is 0.0952. The predicted octanol–water partition coefficient (Wildman–Crippen LogP) is 3.49. The summed E-state index contributed by atoms with van der Waals surface area (Å²) in [4.78, 5) is 12.8. The van der Waals surface area contributed by atoms with E-state index in [0.717, 1.165) is 4.31 Å². The summed E-state index contributed by atoms with van der Waals surface area (Å²) in [6.45, 7) is 0.125. The van der Waals surface area contributed by atoms with Crippen molar-refractivity contribution in [1.82, 2.24) is 0 Å². The molecule has 1 heterocycles. The molecule has 29 heavy (non-hydrogen) atoms. The van der Waals surface area contributed by atoms with E-state index >= 15 is 0 Å². The second-order valence-corrected chi connectivity index (χ2v) is 8.26. The zero-order chi connectivity index (χ0) is 20.4. The van der Waals surface area contributed by atoms with Crippen molar-refractivity contribution < 1.29 is 22.7 Å². The minimum atomic E-state index is -3.94. The Morgan fingerprint density at radius 2 is 1.62 bits per heavy atom. The van der Waals surface area contributed by atoms with Crippen LogP contribution in [-0.4, -0.2) is 28.2 Å². The van der Waals surface area contributed by atoms with Crippen LogP contribution in [0.4, 0.5) is 11.4 Å². The molecule has 1 aliphatic heterocycles. The lowest BCUT2D eigenvalue weighted by molar-refractivity contribution is 0.102. The van der Waals surface area contributed by atoms with Crippen LogP contribution in [0, 0.1) is 0 Å². The maximum atomic E-state index is 13.2. The number of sulfonamides is 1. The molecule has 0 spiro atoms. The van der Waals surface area contributed by atoms with Crippen LogP contribution in [-0.2, 0) is 10.0 Å². The number of nitrogens with zero attached hydrogens (tertiary/aromatic N) is 1. The van der Waals surface area contributed by atoms with Gasteiger partial charge in [0, 0.05) is 18.8 Å². The van der Waals surface area contributed by atoms with E-state index < -0.39 is 15.9 Å². The summed E-state index contributed by atoms with van der Waals surface area (Å²) < 4.78 is 38.1. The summed E-state index contributed by atoms with van der Waals surface area (Å²) in [5.74, 6) is 0.576. The number of rotatable bonds is 5. The first-order chi connectivity index (χ1) is 14.0. The summed E-state index contributed by atoms with van der Waals surface area (Å²) in [5.41, 5.74) is 1.02. The Kier molecular flexibility index (Phi) is 4.85. The number of hydrogen-bond donors (Lipinski definition) is 1. The Hall–Kier alpha value is -3.52. The Bertz CT molecular complexity index is 1160. The monoisotopic (exact) mass is 410 g/mol. The Morgan fingerprint density at radius 3 is 2.41 bits per heavy atom. The van der Waals surface area contributed by atoms with Crippen LogP contribution in [0.1, 0.15) is 10.4 Å². The zero-order valence-electron chi connectivity index (χ0n) is 15.5. The van der Waals surface area contributed by atoms with Crippen molar-refractivity contribution in [3.8, 4) is 11.5 Å². The predicted molar refractivity (Wildman–Crippen MR) is 109 cm³/mol. The minimum Gasteiger partial charge on any atom is -0.454 e. The highest BCUT2D eigenvalue weighted by Crippen LogP contribution is 2.34. The van der Waals surface area contributed by atoms with Gasteiger partial charge in [0.15, 0.2) is 11.5 Å². The molecular weight excluding hydrogens is 392 g/mol. The van der Waals surface area contributed by atoms with Crippen molar-refractivity contribution in [2.75, 3.05) is 23.5 Å². The van der Waals surface area contributed by atoms with Gasteiger partial charge in [-0.2, -0.15) is 0 Å².